The molecule has 1 saturated carbocycles. The average Bonchev–Trinajstić information content (AvgIpc) is 2.83. The quantitative estimate of drug-likeness (QED) is 0.797. The molecule has 2 aliphatic heterocycles. The first-order valence-corrected chi connectivity index (χ1v) is 8.81. The fourth-order valence-electron chi connectivity index (χ4n) is 4.29. The van der Waals surface area contributed by atoms with Crippen molar-refractivity contribution in [3.63, 3.8) is 0 Å². The fourth-order valence-corrected chi connectivity index (χ4v) is 4.29. The van der Waals surface area contributed by atoms with Crippen LogP contribution in [0.15, 0.2) is 0 Å². The molecule has 21 heavy (non-hydrogen) atoms. The van der Waals surface area contributed by atoms with Crippen molar-refractivity contribution in [2.45, 2.75) is 51.4 Å². The number of likely N-dealkylation sites (tertiary alicyclic amines) is 2. The van der Waals surface area contributed by atoms with Crippen molar-refractivity contribution in [3.05, 3.63) is 0 Å². The van der Waals surface area contributed by atoms with E-state index < -0.39 is 0 Å². The Balaban J connectivity index is 0.00000161. The molecule has 3 aliphatic rings. The number of ketones is 1. The zero-order valence-electron chi connectivity index (χ0n) is 13.3. The number of nitrogens with zero attached hydrogens (tertiary/aromatic N) is 2. The third-order valence-electron chi connectivity index (χ3n) is 5.52. The summed E-state index contributed by atoms with van der Waals surface area (Å²) in [6.45, 7) is 6.99. The minimum atomic E-state index is 0. The molecule has 1 aliphatic carbocycles. The second kappa shape index (κ2) is 8.50. The SMILES string of the molecule is Cl.O=C1C(CN2CCCCC2)CCC1CN1CCCCC1. The molecule has 0 aromatic heterocycles. The van der Waals surface area contributed by atoms with Crippen molar-refractivity contribution in [1.82, 2.24) is 9.80 Å². The Morgan fingerprint density at radius 1 is 0.714 bits per heavy atom. The van der Waals surface area contributed by atoms with Crippen LogP contribution in [0.25, 0.3) is 0 Å². The molecule has 0 amide bonds. The number of piperidine rings is 2. The summed E-state index contributed by atoms with van der Waals surface area (Å²) in [4.78, 5) is 17.7. The molecule has 0 aromatic rings. The van der Waals surface area contributed by atoms with Gasteiger partial charge in [0.15, 0.2) is 0 Å². The van der Waals surface area contributed by atoms with E-state index in [9.17, 15) is 4.79 Å². The van der Waals surface area contributed by atoms with E-state index in [4.69, 9.17) is 0 Å². The van der Waals surface area contributed by atoms with Crippen LogP contribution in [0.3, 0.4) is 0 Å². The van der Waals surface area contributed by atoms with Crippen LogP contribution in [0.5, 0.6) is 0 Å². The first-order chi connectivity index (χ1) is 9.83. The third kappa shape index (κ3) is 4.67. The summed E-state index contributed by atoms with van der Waals surface area (Å²) in [5.41, 5.74) is 0. The van der Waals surface area contributed by atoms with Gasteiger partial charge in [-0.05, 0) is 64.7 Å². The molecule has 0 spiro atoms. The van der Waals surface area contributed by atoms with Crippen molar-refractivity contribution in [2.75, 3.05) is 39.3 Å². The van der Waals surface area contributed by atoms with E-state index in [1.807, 2.05) is 0 Å². The number of rotatable bonds is 4. The molecule has 0 aromatic carbocycles. The summed E-state index contributed by atoms with van der Waals surface area (Å²) in [6, 6.07) is 0. The van der Waals surface area contributed by atoms with Gasteiger partial charge in [-0.15, -0.1) is 12.4 Å². The van der Waals surface area contributed by atoms with Gasteiger partial charge in [0.05, 0.1) is 0 Å². The maximum Gasteiger partial charge on any atom is 0.141 e. The molecule has 2 saturated heterocycles. The molecule has 0 bridgehead atoms. The molecule has 2 atom stereocenters. The van der Waals surface area contributed by atoms with Crippen LogP contribution in [-0.4, -0.2) is 54.9 Å². The largest absolute Gasteiger partial charge is 0.303 e. The van der Waals surface area contributed by atoms with Crippen molar-refractivity contribution in [3.8, 4) is 0 Å². The minimum absolute atomic E-state index is 0. The third-order valence-corrected chi connectivity index (χ3v) is 5.52. The topological polar surface area (TPSA) is 23.6 Å². The van der Waals surface area contributed by atoms with Gasteiger partial charge in [-0.3, -0.25) is 4.79 Å². The Bertz CT molecular complexity index is 295. The highest BCUT2D eigenvalue weighted by Crippen LogP contribution is 2.30. The van der Waals surface area contributed by atoms with E-state index in [0.29, 0.717) is 17.6 Å². The van der Waals surface area contributed by atoms with Gasteiger partial charge in [0.25, 0.3) is 0 Å². The smallest absolute Gasteiger partial charge is 0.141 e. The molecule has 2 heterocycles. The highest BCUT2D eigenvalue weighted by atomic mass is 35.5. The molecule has 0 N–H and O–H groups in total. The summed E-state index contributed by atoms with van der Waals surface area (Å²) in [7, 11) is 0. The van der Waals surface area contributed by atoms with E-state index in [0.717, 1.165) is 25.9 Å². The maximum atomic E-state index is 12.6. The van der Waals surface area contributed by atoms with Crippen molar-refractivity contribution < 1.29 is 4.79 Å². The van der Waals surface area contributed by atoms with Gasteiger partial charge in [-0.25, -0.2) is 0 Å². The number of carbonyl (C=O) groups excluding carboxylic acids is 1. The zero-order valence-corrected chi connectivity index (χ0v) is 14.1. The van der Waals surface area contributed by atoms with E-state index in [-0.39, 0.29) is 12.4 Å². The van der Waals surface area contributed by atoms with Crippen LogP contribution in [0.1, 0.15) is 51.4 Å². The van der Waals surface area contributed by atoms with Crippen molar-refractivity contribution in [2.24, 2.45) is 11.8 Å². The summed E-state index contributed by atoms with van der Waals surface area (Å²) in [6.07, 6.45) is 10.4. The van der Waals surface area contributed by atoms with E-state index in [1.165, 1.54) is 64.7 Å². The first kappa shape index (κ1) is 17.2. The molecule has 3 rings (SSSR count). The molecule has 2 unspecified atom stereocenters. The number of carbonyl (C=O) groups is 1. The van der Waals surface area contributed by atoms with E-state index in [1.54, 1.807) is 0 Å². The number of Topliss-reactive ketones (excluding diaryl/α,β-unsaturated/α-hetero) is 1. The Hall–Kier alpha value is -0.120. The average molecular weight is 315 g/mol. The lowest BCUT2D eigenvalue weighted by Gasteiger charge is -2.30. The predicted molar refractivity (Wildman–Crippen MR) is 89.1 cm³/mol. The van der Waals surface area contributed by atoms with Gasteiger partial charge in [-0.2, -0.15) is 0 Å². The lowest BCUT2D eigenvalue weighted by molar-refractivity contribution is -0.125. The number of halogens is 1. The van der Waals surface area contributed by atoms with Crippen LogP contribution in [0.4, 0.5) is 0 Å². The molecule has 0 radical (unpaired) electrons. The van der Waals surface area contributed by atoms with Crippen molar-refractivity contribution in [1.29, 1.82) is 0 Å². The van der Waals surface area contributed by atoms with Gasteiger partial charge >= 0.3 is 0 Å². The van der Waals surface area contributed by atoms with Gasteiger partial charge in [-0.1, -0.05) is 12.8 Å². The van der Waals surface area contributed by atoms with E-state index >= 15 is 0 Å². The first-order valence-electron chi connectivity index (χ1n) is 8.81. The molecule has 3 fully saturated rings. The van der Waals surface area contributed by atoms with Crippen LogP contribution in [0, 0.1) is 11.8 Å². The Kier molecular flexibility index (Phi) is 6.97. The maximum absolute atomic E-state index is 12.6. The number of hydrogen-bond acceptors (Lipinski definition) is 3. The molecular weight excluding hydrogens is 284 g/mol. The summed E-state index contributed by atoms with van der Waals surface area (Å²) < 4.78 is 0. The van der Waals surface area contributed by atoms with Gasteiger partial charge in [0.1, 0.15) is 5.78 Å². The standard InChI is InChI=1S/C17H30N2O.ClH/c20-17-15(13-18-9-3-1-4-10-18)7-8-16(17)14-19-11-5-2-6-12-19;/h15-16H,1-14H2;1H. The lowest BCUT2D eigenvalue weighted by Crippen LogP contribution is -2.38. The monoisotopic (exact) mass is 314 g/mol. The Labute approximate surface area is 135 Å². The van der Waals surface area contributed by atoms with Gasteiger partial charge in [0, 0.05) is 24.9 Å². The van der Waals surface area contributed by atoms with E-state index in [2.05, 4.69) is 9.80 Å². The Morgan fingerprint density at radius 3 is 1.48 bits per heavy atom. The summed E-state index contributed by atoms with van der Waals surface area (Å²) in [5.74, 6) is 1.28. The highest BCUT2D eigenvalue weighted by Gasteiger charge is 2.36. The highest BCUT2D eigenvalue weighted by molar-refractivity contribution is 5.86. The molecule has 122 valence electrons. The van der Waals surface area contributed by atoms with Gasteiger partial charge in [0.2, 0.25) is 0 Å². The fraction of sp³-hybridized carbons (Fsp3) is 0.941. The molecule has 3 nitrogen and oxygen atoms in total. The normalized spacial score (nSPS) is 32.1. The molecular formula is C17H31ClN2O. The molecule has 4 heteroatoms. The summed E-state index contributed by atoms with van der Waals surface area (Å²) in [5, 5.41) is 0. The van der Waals surface area contributed by atoms with Crippen molar-refractivity contribution >= 4 is 18.2 Å². The van der Waals surface area contributed by atoms with Crippen LogP contribution >= 0.6 is 12.4 Å². The summed E-state index contributed by atoms with van der Waals surface area (Å²) >= 11 is 0. The Morgan fingerprint density at radius 2 is 1.10 bits per heavy atom. The van der Waals surface area contributed by atoms with Gasteiger partial charge < -0.3 is 9.80 Å². The predicted octanol–water partition coefficient (Wildman–Crippen LogP) is 2.98. The lowest BCUT2D eigenvalue weighted by atomic mass is 10.00. The second-order valence-corrected chi connectivity index (χ2v) is 7.10. The minimum Gasteiger partial charge on any atom is -0.303 e. The van der Waals surface area contributed by atoms with Crippen LogP contribution < -0.4 is 0 Å². The number of hydrogen-bond donors (Lipinski definition) is 0. The van der Waals surface area contributed by atoms with Crippen LogP contribution in [0.2, 0.25) is 0 Å². The van der Waals surface area contributed by atoms with Crippen LogP contribution in [-0.2, 0) is 4.79 Å². The second-order valence-electron chi connectivity index (χ2n) is 7.10. The zero-order chi connectivity index (χ0) is 13.8.